The van der Waals surface area contributed by atoms with Gasteiger partial charge in [-0.2, -0.15) is 5.10 Å². The van der Waals surface area contributed by atoms with Crippen molar-refractivity contribution in [3.05, 3.63) is 53.8 Å². The number of hydrogen-bond donors (Lipinski definition) is 3. The van der Waals surface area contributed by atoms with Gasteiger partial charge in [0.15, 0.2) is 5.65 Å². The number of rotatable bonds is 8. The Labute approximate surface area is 199 Å². The van der Waals surface area contributed by atoms with Gasteiger partial charge < -0.3 is 15.7 Å². The van der Waals surface area contributed by atoms with Crippen LogP contribution in [-0.2, 0) is 6.54 Å². The maximum Gasteiger partial charge on any atom is 0.255 e. The second kappa shape index (κ2) is 9.35. The van der Waals surface area contributed by atoms with Gasteiger partial charge in [-0.25, -0.2) is 19.3 Å². The highest BCUT2D eigenvalue weighted by Gasteiger charge is 2.27. The average Bonchev–Trinajstić information content (AvgIpc) is 3.42. The number of aryl methyl sites for hydroxylation is 1. The van der Waals surface area contributed by atoms with Gasteiger partial charge in [0.1, 0.15) is 23.8 Å². The van der Waals surface area contributed by atoms with Crippen LogP contribution in [0.2, 0.25) is 5.02 Å². The molecule has 0 bridgehead atoms. The van der Waals surface area contributed by atoms with Crippen molar-refractivity contribution in [2.24, 2.45) is 0 Å². The number of hydrogen-bond acceptors (Lipinski definition) is 7. The zero-order chi connectivity index (χ0) is 24.5. The van der Waals surface area contributed by atoms with Crippen LogP contribution in [0.1, 0.15) is 31.1 Å². The first-order valence-electron chi connectivity index (χ1n) is 10.6. The minimum Gasteiger partial charge on any atom is -0.387 e. The molecule has 0 aliphatic carbocycles. The molecule has 0 saturated heterocycles. The highest BCUT2D eigenvalue weighted by Crippen LogP contribution is 2.25. The van der Waals surface area contributed by atoms with E-state index in [-0.39, 0.29) is 12.1 Å². The van der Waals surface area contributed by atoms with Crippen LogP contribution in [0.4, 0.5) is 15.8 Å². The molecular weight excluding hydrogens is 463 g/mol. The van der Waals surface area contributed by atoms with Crippen LogP contribution in [-0.4, -0.2) is 58.6 Å². The van der Waals surface area contributed by atoms with Crippen LogP contribution in [0.5, 0.6) is 0 Å². The lowest BCUT2D eigenvalue weighted by Crippen LogP contribution is -2.42. The second-order valence-corrected chi connectivity index (χ2v) is 8.68. The third-order valence-corrected chi connectivity index (χ3v) is 5.39. The van der Waals surface area contributed by atoms with E-state index in [0.717, 1.165) is 0 Å². The maximum absolute atomic E-state index is 14.2. The maximum atomic E-state index is 14.2. The predicted octanol–water partition coefficient (Wildman–Crippen LogP) is 3.27. The summed E-state index contributed by atoms with van der Waals surface area (Å²) in [5, 5.41) is 20.2. The Bertz CT molecular complexity index is 1330. The van der Waals surface area contributed by atoms with E-state index in [9.17, 15) is 14.3 Å². The number of carbonyl (C=O) groups is 1. The predicted molar refractivity (Wildman–Crippen MR) is 126 cm³/mol. The van der Waals surface area contributed by atoms with Crippen LogP contribution < -0.4 is 10.6 Å². The fourth-order valence-electron chi connectivity index (χ4n) is 3.19. The molecule has 0 spiro atoms. The normalized spacial score (nSPS) is 12.6. The fourth-order valence-corrected chi connectivity index (χ4v) is 3.34. The number of carbonyl (C=O) groups excluding carboxylic acids is 1. The van der Waals surface area contributed by atoms with Crippen LogP contribution in [0, 0.1) is 0 Å². The van der Waals surface area contributed by atoms with E-state index in [1.54, 1.807) is 40.1 Å². The molecule has 4 heterocycles. The molecule has 4 aromatic rings. The highest BCUT2D eigenvalue weighted by atomic mass is 35.5. The molecule has 34 heavy (non-hydrogen) atoms. The number of anilines is 2. The lowest BCUT2D eigenvalue weighted by atomic mass is 10.0. The molecule has 0 aromatic carbocycles. The monoisotopic (exact) mass is 486 g/mol. The Morgan fingerprint density at radius 2 is 2.03 bits per heavy atom. The summed E-state index contributed by atoms with van der Waals surface area (Å²) in [7, 11) is 0. The molecule has 0 aliphatic rings. The van der Waals surface area contributed by atoms with Crippen molar-refractivity contribution in [1.82, 2.24) is 34.6 Å². The molecule has 0 radical (unpaired) electrons. The van der Waals surface area contributed by atoms with Gasteiger partial charge >= 0.3 is 0 Å². The van der Waals surface area contributed by atoms with Crippen molar-refractivity contribution < 1.29 is 14.3 Å². The number of halogens is 2. The summed E-state index contributed by atoms with van der Waals surface area (Å²) in [4.78, 5) is 25.9. The number of imidazole rings is 1. The van der Waals surface area contributed by atoms with E-state index < -0.39 is 17.7 Å². The zero-order valence-electron chi connectivity index (χ0n) is 18.8. The Morgan fingerprint density at radius 3 is 2.74 bits per heavy atom. The average molecular weight is 487 g/mol. The van der Waals surface area contributed by atoms with Gasteiger partial charge in [-0.15, -0.1) is 0 Å². The largest absolute Gasteiger partial charge is 0.387 e. The van der Waals surface area contributed by atoms with Crippen molar-refractivity contribution in [3.63, 3.8) is 0 Å². The van der Waals surface area contributed by atoms with Gasteiger partial charge in [0, 0.05) is 31.2 Å². The smallest absolute Gasteiger partial charge is 0.255 e. The number of alkyl halides is 1. The minimum atomic E-state index is -1.64. The summed E-state index contributed by atoms with van der Waals surface area (Å²) >= 11 is 6.01. The van der Waals surface area contributed by atoms with Crippen molar-refractivity contribution in [1.29, 1.82) is 0 Å². The van der Waals surface area contributed by atoms with Crippen molar-refractivity contribution >= 4 is 40.0 Å². The van der Waals surface area contributed by atoms with Crippen LogP contribution in [0.25, 0.3) is 17.0 Å². The van der Waals surface area contributed by atoms with Crippen LogP contribution >= 0.6 is 11.6 Å². The second-order valence-electron chi connectivity index (χ2n) is 8.24. The van der Waals surface area contributed by atoms with E-state index in [0.29, 0.717) is 39.9 Å². The molecule has 0 fully saturated rings. The molecule has 0 unspecified atom stereocenters. The molecule has 12 heteroatoms. The van der Waals surface area contributed by atoms with E-state index in [1.165, 1.54) is 26.2 Å². The van der Waals surface area contributed by atoms with Crippen molar-refractivity contribution in [2.45, 2.75) is 39.1 Å². The standard InChI is InChI=1S/C22H24ClFN8O2/c1-4-31-11-14(8-29-31)30-16-6-19(32-12-28-17-5-13(23)7-26-20(17)32)25-9-15(16)21(33)27-10-18(24)22(2,3)34/h5-9,11-12,18,34H,4,10H2,1-3H3,(H,25,30)(H,27,33)/t18-/m1/s1. The van der Waals surface area contributed by atoms with Gasteiger partial charge in [0.2, 0.25) is 0 Å². The molecule has 4 rings (SSSR count). The Balaban J connectivity index is 1.69. The number of nitrogens with one attached hydrogen (secondary N) is 2. The van der Waals surface area contributed by atoms with E-state index >= 15 is 0 Å². The van der Waals surface area contributed by atoms with Gasteiger partial charge in [0.05, 0.1) is 40.3 Å². The summed E-state index contributed by atoms with van der Waals surface area (Å²) in [5.41, 5.74) is 0.834. The topological polar surface area (TPSA) is 123 Å². The molecular formula is C22H24ClFN8O2. The summed E-state index contributed by atoms with van der Waals surface area (Å²) < 4.78 is 17.6. The van der Waals surface area contributed by atoms with E-state index in [1.807, 2.05) is 6.92 Å². The highest BCUT2D eigenvalue weighted by molar-refractivity contribution is 6.31. The van der Waals surface area contributed by atoms with Crippen LogP contribution in [0.3, 0.4) is 0 Å². The molecule has 1 atom stereocenters. The van der Waals surface area contributed by atoms with E-state index in [4.69, 9.17) is 11.6 Å². The van der Waals surface area contributed by atoms with Gasteiger partial charge in [-0.05, 0) is 26.8 Å². The minimum absolute atomic E-state index is 0.191. The molecule has 3 N–H and O–H groups in total. The molecule has 0 saturated carbocycles. The molecule has 4 aromatic heterocycles. The number of aliphatic hydroxyl groups is 1. The first kappa shape index (κ1) is 23.6. The summed E-state index contributed by atoms with van der Waals surface area (Å²) in [5.74, 6) is -0.0872. The van der Waals surface area contributed by atoms with Gasteiger partial charge in [0.25, 0.3) is 5.91 Å². The lowest BCUT2D eigenvalue weighted by Gasteiger charge is -2.22. The summed E-state index contributed by atoms with van der Waals surface area (Å²) in [6, 6.07) is 3.36. The third kappa shape index (κ3) is 5.00. The van der Waals surface area contributed by atoms with Crippen LogP contribution in [0.15, 0.2) is 43.2 Å². The van der Waals surface area contributed by atoms with E-state index in [2.05, 4.69) is 30.7 Å². The Kier molecular flexibility index (Phi) is 6.49. The molecule has 10 nitrogen and oxygen atoms in total. The SMILES string of the molecule is CCn1cc(Nc2cc(-n3cnc4cc(Cl)cnc43)ncc2C(=O)NC[C@@H](F)C(C)(C)O)cn1. The Hall–Kier alpha value is -3.57. The number of fused-ring (bicyclic) bond motifs is 1. The summed E-state index contributed by atoms with van der Waals surface area (Å²) in [6.45, 7) is 4.97. The molecule has 1 amide bonds. The van der Waals surface area contributed by atoms with Crippen molar-refractivity contribution in [2.75, 3.05) is 11.9 Å². The number of nitrogens with zero attached hydrogens (tertiary/aromatic N) is 6. The fraction of sp³-hybridized carbons (Fsp3) is 0.318. The first-order chi connectivity index (χ1) is 16.2. The number of pyridine rings is 2. The Morgan fingerprint density at radius 1 is 1.24 bits per heavy atom. The number of amides is 1. The molecule has 0 aliphatic heterocycles. The molecule has 178 valence electrons. The van der Waals surface area contributed by atoms with Crippen molar-refractivity contribution in [3.8, 4) is 5.82 Å². The third-order valence-electron chi connectivity index (χ3n) is 5.18. The van der Waals surface area contributed by atoms with Gasteiger partial charge in [-0.3, -0.25) is 14.0 Å². The summed E-state index contributed by atoms with van der Waals surface area (Å²) in [6.07, 6.45) is 6.25. The first-order valence-corrected chi connectivity index (χ1v) is 11.0. The zero-order valence-corrected chi connectivity index (χ0v) is 19.6. The lowest BCUT2D eigenvalue weighted by molar-refractivity contribution is -0.00177. The van der Waals surface area contributed by atoms with Gasteiger partial charge in [-0.1, -0.05) is 11.6 Å². The quantitative estimate of drug-likeness (QED) is 0.349. The number of aromatic nitrogens is 6.